The molecule has 0 radical (unpaired) electrons. The standard InChI is InChI=1S/C21H15ClFN3O3S/c1-12-8-19-24-15(10-20(27)26(19)29-12)11-30-16-5-3-14(4-6-16)25-21(28)13-2-7-18(23)17(22)9-13/h2-10H,11H2,1H3,(H,25,28). The fourth-order valence-corrected chi connectivity index (χ4v) is 3.75. The van der Waals surface area contributed by atoms with Crippen LogP contribution in [0.4, 0.5) is 10.1 Å². The summed E-state index contributed by atoms with van der Waals surface area (Å²) < 4.78 is 19.7. The summed E-state index contributed by atoms with van der Waals surface area (Å²) in [6.07, 6.45) is 0. The van der Waals surface area contributed by atoms with Gasteiger partial charge in [0, 0.05) is 34.0 Å². The predicted molar refractivity (Wildman–Crippen MR) is 114 cm³/mol. The number of anilines is 1. The van der Waals surface area contributed by atoms with Crippen molar-refractivity contribution in [3.63, 3.8) is 0 Å². The van der Waals surface area contributed by atoms with E-state index in [1.807, 2.05) is 12.1 Å². The van der Waals surface area contributed by atoms with Crippen molar-refractivity contribution >= 4 is 40.6 Å². The van der Waals surface area contributed by atoms with Crippen molar-refractivity contribution in [3.05, 3.63) is 92.8 Å². The van der Waals surface area contributed by atoms with Crippen LogP contribution in [-0.4, -0.2) is 15.5 Å². The monoisotopic (exact) mass is 443 g/mol. The molecule has 0 aliphatic heterocycles. The Hall–Kier alpha value is -3.10. The zero-order chi connectivity index (χ0) is 21.3. The summed E-state index contributed by atoms with van der Waals surface area (Å²) in [6, 6.07) is 14.2. The summed E-state index contributed by atoms with van der Waals surface area (Å²) in [5.74, 6) is 0.167. The Morgan fingerprint density at radius 1 is 1.20 bits per heavy atom. The molecule has 0 aliphatic rings. The topological polar surface area (TPSA) is 76.6 Å². The molecular weight excluding hydrogens is 429 g/mol. The third-order valence-electron chi connectivity index (χ3n) is 4.20. The maximum Gasteiger partial charge on any atom is 0.287 e. The van der Waals surface area contributed by atoms with E-state index in [-0.39, 0.29) is 22.1 Å². The van der Waals surface area contributed by atoms with Crippen molar-refractivity contribution in [2.75, 3.05) is 5.32 Å². The Balaban J connectivity index is 1.40. The zero-order valence-electron chi connectivity index (χ0n) is 15.7. The molecule has 9 heteroatoms. The van der Waals surface area contributed by atoms with Gasteiger partial charge in [-0.15, -0.1) is 16.3 Å². The van der Waals surface area contributed by atoms with Gasteiger partial charge >= 0.3 is 0 Å². The smallest absolute Gasteiger partial charge is 0.287 e. The normalized spacial score (nSPS) is 11.0. The van der Waals surface area contributed by atoms with Gasteiger partial charge in [-0.2, -0.15) is 0 Å². The third-order valence-corrected chi connectivity index (χ3v) is 5.54. The number of benzene rings is 2. The molecule has 6 nitrogen and oxygen atoms in total. The number of carbonyl (C=O) groups is 1. The summed E-state index contributed by atoms with van der Waals surface area (Å²) in [7, 11) is 0. The highest BCUT2D eigenvalue weighted by Crippen LogP contribution is 2.24. The van der Waals surface area contributed by atoms with E-state index in [0.29, 0.717) is 28.5 Å². The second-order valence-corrected chi connectivity index (χ2v) is 7.94. The fourth-order valence-electron chi connectivity index (χ4n) is 2.78. The highest BCUT2D eigenvalue weighted by atomic mass is 35.5. The van der Waals surface area contributed by atoms with E-state index < -0.39 is 5.82 Å². The molecule has 30 heavy (non-hydrogen) atoms. The van der Waals surface area contributed by atoms with Gasteiger partial charge in [0.25, 0.3) is 11.5 Å². The molecule has 0 saturated carbocycles. The van der Waals surface area contributed by atoms with Crippen LogP contribution < -0.4 is 10.9 Å². The number of hydrogen-bond acceptors (Lipinski definition) is 5. The van der Waals surface area contributed by atoms with Crippen LogP contribution in [-0.2, 0) is 5.75 Å². The number of halogens is 2. The Morgan fingerprint density at radius 2 is 1.97 bits per heavy atom. The number of aromatic nitrogens is 2. The van der Waals surface area contributed by atoms with E-state index in [1.54, 1.807) is 25.1 Å². The van der Waals surface area contributed by atoms with Gasteiger partial charge in [0.15, 0.2) is 5.65 Å². The number of fused-ring (bicyclic) bond motifs is 1. The maximum atomic E-state index is 13.2. The van der Waals surface area contributed by atoms with E-state index in [1.165, 1.54) is 30.0 Å². The zero-order valence-corrected chi connectivity index (χ0v) is 17.3. The van der Waals surface area contributed by atoms with E-state index in [9.17, 15) is 14.0 Å². The number of thioether (sulfide) groups is 1. The Bertz CT molecular complexity index is 1300. The van der Waals surface area contributed by atoms with Gasteiger partial charge in [-0.1, -0.05) is 11.6 Å². The third kappa shape index (κ3) is 4.39. The first-order valence-electron chi connectivity index (χ1n) is 8.88. The lowest BCUT2D eigenvalue weighted by Gasteiger charge is -2.07. The molecule has 4 rings (SSSR count). The van der Waals surface area contributed by atoms with Gasteiger partial charge in [0.2, 0.25) is 0 Å². The molecule has 0 atom stereocenters. The van der Waals surface area contributed by atoms with E-state index in [4.69, 9.17) is 16.1 Å². The van der Waals surface area contributed by atoms with Crippen molar-refractivity contribution < 1.29 is 13.7 Å². The lowest BCUT2D eigenvalue weighted by molar-refractivity contribution is 0.102. The largest absolute Gasteiger partial charge is 0.375 e. The van der Waals surface area contributed by atoms with Crippen LogP contribution in [0.1, 0.15) is 21.8 Å². The molecule has 0 fully saturated rings. The highest BCUT2D eigenvalue weighted by Gasteiger charge is 2.10. The van der Waals surface area contributed by atoms with Crippen molar-refractivity contribution in [1.82, 2.24) is 9.56 Å². The molecule has 2 heterocycles. The van der Waals surface area contributed by atoms with Crippen molar-refractivity contribution in [1.29, 1.82) is 0 Å². The molecule has 2 aromatic carbocycles. The summed E-state index contributed by atoms with van der Waals surface area (Å²) in [6.45, 7) is 1.76. The molecule has 1 amide bonds. The van der Waals surface area contributed by atoms with Crippen LogP contribution in [0.2, 0.25) is 5.02 Å². The van der Waals surface area contributed by atoms with Gasteiger partial charge in [-0.3, -0.25) is 9.59 Å². The molecular formula is C21H15ClFN3O3S. The number of hydrogen-bond donors (Lipinski definition) is 1. The number of rotatable bonds is 5. The van der Waals surface area contributed by atoms with Crippen molar-refractivity contribution in [2.24, 2.45) is 0 Å². The first-order valence-corrected chi connectivity index (χ1v) is 10.2. The molecule has 0 unspecified atom stereocenters. The van der Waals surface area contributed by atoms with Gasteiger partial charge in [0.05, 0.1) is 10.7 Å². The van der Waals surface area contributed by atoms with Gasteiger partial charge < -0.3 is 9.84 Å². The molecule has 152 valence electrons. The average Bonchev–Trinajstić information content (AvgIpc) is 3.10. The van der Waals surface area contributed by atoms with Crippen LogP contribution in [0.5, 0.6) is 0 Å². The number of nitrogens with one attached hydrogen (secondary N) is 1. The molecule has 0 saturated heterocycles. The van der Waals surface area contributed by atoms with E-state index in [2.05, 4.69) is 10.3 Å². The lowest BCUT2D eigenvalue weighted by atomic mass is 10.2. The number of amides is 1. The highest BCUT2D eigenvalue weighted by molar-refractivity contribution is 7.98. The minimum Gasteiger partial charge on any atom is -0.375 e. The molecule has 4 aromatic rings. The first-order chi connectivity index (χ1) is 14.4. The number of aryl methyl sites for hydroxylation is 1. The minimum absolute atomic E-state index is 0.105. The SMILES string of the molecule is Cc1cc2nc(CSc3ccc(NC(=O)c4ccc(F)c(Cl)c4)cc3)cc(=O)n2o1. The van der Waals surface area contributed by atoms with Gasteiger partial charge in [-0.25, -0.2) is 9.37 Å². The molecule has 0 bridgehead atoms. The minimum atomic E-state index is -0.575. The Kier molecular flexibility index (Phi) is 5.61. The Morgan fingerprint density at radius 3 is 2.70 bits per heavy atom. The van der Waals surface area contributed by atoms with Crippen LogP contribution in [0, 0.1) is 12.7 Å². The first kappa shape index (κ1) is 20.2. The summed E-state index contributed by atoms with van der Waals surface area (Å²) in [5.41, 5.74) is 1.73. The second kappa shape index (κ2) is 8.33. The summed E-state index contributed by atoms with van der Waals surface area (Å²) >= 11 is 7.23. The molecule has 0 aliphatic carbocycles. The van der Waals surface area contributed by atoms with Gasteiger partial charge in [-0.05, 0) is 49.4 Å². The van der Waals surface area contributed by atoms with Gasteiger partial charge in [0.1, 0.15) is 11.6 Å². The average molecular weight is 444 g/mol. The summed E-state index contributed by atoms with van der Waals surface area (Å²) in [5, 5.41) is 2.63. The van der Waals surface area contributed by atoms with Crippen LogP contribution in [0.15, 0.2) is 68.8 Å². The lowest BCUT2D eigenvalue weighted by Crippen LogP contribution is -2.12. The summed E-state index contributed by atoms with van der Waals surface area (Å²) in [4.78, 5) is 29.7. The Labute approximate surface area is 179 Å². The van der Waals surface area contributed by atoms with E-state index in [0.717, 1.165) is 15.5 Å². The number of carbonyl (C=O) groups excluding carboxylic acids is 1. The molecule has 2 aromatic heterocycles. The quantitative estimate of drug-likeness (QED) is 0.442. The maximum absolute atomic E-state index is 13.2. The fraction of sp³-hybridized carbons (Fsp3) is 0.0952. The number of nitrogens with zero attached hydrogens (tertiary/aromatic N) is 2. The van der Waals surface area contributed by atoms with Crippen molar-refractivity contribution in [3.8, 4) is 0 Å². The van der Waals surface area contributed by atoms with Crippen LogP contribution >= 0.6 is 23.4 Å². The van der Waals surface area contributed by atoms with Crippen LogP contribution in [0.25, 0.3) is 5.65 Å². The second-order valence-electron chi connectivity index (χ2n) is 6.48. The van der Waals surface area contributed by atoms with Crippen molar-refractivity contribution in [2.45, 2.75) is 17.6 Å². The van der Waals surface area contributed by atoms with E-state index >= 15 is 0 Å². The molecule has 0 spiro atoms. The van der Waals surface area contributed by atoms with Crippen LogP contribution in [0.3, 0.4) is 0 Å². The predicted octanol–water partition coefficient (Wildman–Crippen LogP) is 4.93. The molecule has 1 N–H and O–H groups in total.